The summed E-state index contributed by atoms with van der Waals surface area (Å²) < 4.78 is 1.86. The molecule has 2 aromatic carbocycles. The van der Waals surface area contributed by atoms with E-state index in [1.807, 2.05) is 65.5 Å². The highest BCUT2D eigenvalue weighted by molar-refractivity contribution is 5.94. The zero-order chi connectivity index (χ0) is 17.1. The second-order valence-corrected chi connectivity index (χ2v) is 5.58. The molecule has 2 aromatic heterocycles. The van der Waals surface area contributed by atoms with Crippen molar-refractivity contribution < 1.29 is 0 Å². The Balaban J connectivity index is 1.71. The molecule has 1 N–H and O–H groups in total. The van der Waals surface area contributed by atoms with Gasteiger partial charge in [-0.3, -0.25) is 4.68 Å². The van der Waals surface area contributed by atoms with E-state index < -0.39 is 0 Å². The fraction of sp³-hybridized carbons (Fsp3) is 0.0526. The topological polar surface area (TPSA) is 79.4 Å². The summed E-state index contributed by atoms with van der Waals surface area (Å²) >= 11 is 0. The molecule has 4 rings (SSSR count). The van der Waals surface area contributed by atoms with E-state index in [2.05, 4.69) is 26.7 Å². The summed E-state index contributed by atoms with van der Waals surface area (Å²) in [6.45, 7) is 0.684. The molecule has 25 heavy (non-hydrogen) atoms. The molecule has 0 aliphatic heterocycles. The second-order valence-electron chi connectivity index (χ2n) is 5.58. The molecule has 0 radical (unpaired) electrons. The summed E-state index contributed by atoms with van der Waals surface area (Å²) in [5, 5.41) is 25.9. The van der Waals surface area contributed by atoms with Gasteiger partial charge in [0.05, 0.1) is 17.7 Å². The summed E-state index contributed by atoms with van der Waals surface area (Å²) in [7, 11) is 0. The van der Waals surface area contributed by atoms with E-state index in [-0.39, 0.29) is 5.69 Å². The molecular weight excluding hydrogens is 312 g/mol. The molecule has 0 aliphatic rings. The van der Waals surface area contributed by atoms with E-state index in [9.17, 15) is 5.26 Å². The van der Waals surface area contributed by atoms with Crippen molar-refractivity contribution in [1.82, 2.24) is 20.0 Å². The van der Waals surface area contributed by atoms with E-state index in [1.165, 1.54) is 0 Å². The number of nitrogens with zero attached hydrogens (tertiary/aromatic N) is 5. The van der Waals surface area contributed by atoms with Crippen LogP contribution in [0.5, 0.6) is 0 Å². The Hall–Kier alpha value is -3.72. The summed E-state index contributed by atoms with van der Waals surface area (Å²) in [5.74, 6) is 0. The van der Waals surface area contributed by atoms with Crippen LogP contribution in [0, 0.1) is 11.3 Å². The molecule has 6 nitrogen and oxygen atoms in total. The average molecular weight is 326 g/mol. The van der Waals surface area contributed by atoms with Crippen molar-refractivity contribution in [1.29, 1.82) is 5.26 Å². The van der Waals surface area contributed by atoms with E-state index in [1.54, 1.807) is 6.20 Å². The van der Waals surface area contributed by atoms with Gasteiger partial charge in [-0.2, -0.15) is 10.4 Å². The van der Waals surface area contributed by atoms with Crippen molar-refractivity contribution in [2.24, 2.45) is 0 Å². The van der Waals surface area contributed by atoms with E-state index in [4.69, 9.17) is 0 Å². The smallest absolute Gasteiger partial charge is 0.187 e. The molecule has 4 aromatic rings. The number of anilines is 2. The maximum atomic E-state index is 9.38. The minimum absolute atomic E-state index is 0.274. The van der Waals surface area contributed by atoms with Crippen LogP contribution in [-0.2, 0) is 6.54 Å². The van der Waals surface area contributed by atoms with Gasteiger partial charge >= 0.3 is 0 Å². The molecule has 0 atom stereocenters. The third kappa shape index (κ3) is 3.03. The number of nitrogens with one attached hydrogen (secondary N) is 1. The van der Waals surface area contributed by atoms with Crippen molar-refractivity contribution >= 4 is 22.3 Å². The van der Waals surface area contributed by atoms with Crippen molar-refractivity contribution in [3.8, 4) is 6.07 Å². The minimum Gasteiger partial charge on any atom is -0.353 e. The lowest BCUT2D eigenvalue weighted by Gasteiger charge is -2.11. The molecule has 0 fully saturated rings. The number of hydrogen-bond donors (Lipinski definition) is 1. The standard InChI is InChI=1S/C19H14N6/c20-12-18-19(16-7-1-2-8-17(16)23-24-18)22-15-6-3-5-14(11-15)13-25-10-4-9-21-25/h1-11H,13H2,(H,22,23). The quantitative estimate of drug-likeness (QED) is 0.621. The van der Waals surface area contributed by atoms with Gasteiger partial charge in [0.1, 0.15) is 6.07 Å². The maximum Gasteiger partial charge on any atom is 0.187 e. The van der Waals surface area contributed by atoms with Crippen LogP contribution in [0.15, 0.2) is 67.0 Å². The lowest BCUT2D eigenvalue weighted by atomic mass is 10.1. The van der Waals surface area contributed by atoms with Gasteiger partial charge in [-0.25, -0.2) is 0 Å². The van der Waals surface area contributed by atoms with Crippen LogP contribution in [0.25, 0.3) is 10.9 Å². The number of rotatable bonds is 4. The minimum atomic E-state index is 0.274. The first-order valence-corrected chi connectivity index (χ1v) is 7.82. The molecule has 120 valence electrons. The first-order valence-electron chi connectivity index (χ1n) is 7.82. The first kappa shape index (κ1) is 14.8. The van der Waals surface area contributed by atoms with Gasteiger partial charge < -0.3 is 5.32 Å². The van der Waals surface area contributed by atoms with Crippen LogP contribution in [0.2, 0.25) is 0 Å². The van der Waals surface area contributed by atoms with Crippen LogP contribution in [0.1, 0.15) is 11.3 Å². The Bertz CT molecular complexity index is 1060. The monoisotopic (exact) mass is 326 g/mol. The molecule has 6 heteroatoms. The van der Waals surface area contributed by atoms with Gasteiger partial charge in [0.15, 0.2) is 5.69 Å². The number of hydrogen-bond acceptors (Lipinski definition) is 5. The summed E-state index contributed by atoms with van der Waals surface area (Å²) in [6.07, 6.45) is 3.68. The maximum absolute atomic E-state index is 9.38. The van der Waals surface area contributed by atoms with Crippen LogP contribution < -0.4 is 5.32 Å². The molecule has 0 aliphatic carbocycles. The Kier molecular flexibility index (Phi) is 3.81. The van der Waals surface area contributed by atoms with Gasteiger partial charge in [-0.15, -0.1) is 10.2 Å². The highest BCUT2D eigenvalue weighted by atomic mass is 15.3. The van der Waals surface area contributed by atoms with Crippen molar-refractivity contribution in [3.63, 3.8) is 0 Å². The Morgan fingerprint density at radius 3 is 2.80 bits per heavy atom. The number of aromatic nitrogens is 4. The highest BCUT2D eigenvalue weighted by Gasteiger charge is 2.10. The average Bonchev–Trinajstić information content (AvgIpc) is 3.15. The zero-order valence-electron chi connectivity index (χ0n) is 13.3. The number of benzene rings is 2. The lowest BCUT2D eigenvalue weighted by Crippen LogP contribution is -2.02. The van der Waals surface area contributed by atoms with Gasteiger partial charge in [0, 0.05) is 23.5 Å². The Labute approximate surface area is 144 Å². The molecule has 0 saturated carbocycles. The van der Waals surface area contributed by atoms with Crippen LogP contribution >= 0.6 is 0 Å². The van der Waals surface area contributed by atoms with E-state index in [0.29, 0.717) is 12.2 Å². The molecular formula is C19H14N6. The number of fused-ring (bicyclic) bond motifs is 1. The van der Waals surface area contributed by atoms with Crippen LogP contribution in [-0.4, -0.2) is 20.0 Å². The van der Waals surface area contributed by atoms with Crippen LogP contribution in [0.3, 0.4) is 0 Å². The van der Waals surface area contributed by atoms with Gasteiger partial charge in [-0.05, 0) is 29.8 Å². The molecule has 0 bridgehead atoms. The van der Waals surface area contributed by atoms with Crippen molar-refractivity contribution in [2.75, 3.05) is 5.32 Å². The van der Waals surface area contributed by atoms with Crippen molar-refractivity contribution in [3.05, 3.63) is 78.2 Å². The Morgan fingerprint density at radius 1 is 1.04 bits per heavy atom. The van der Waals surface area contributed by atoms with Crippen molar-refractivity contribution in [2.45, 2.75) is 6.54 Å². The SMILES string of the molecule is N#Cc1nnc2ccccc2c1Nc1cccc(Cn2cccn2)c1. The second kappa shape index (κ2) is 6.42. The first-order chi connectivity index (χ1) is 12.3. The summed E-state index contributed by atoms with van der Waals surface area (Å²) in [4.78, 5) is 0. The van der Waals surface area contributed by atoms with Gasteiger partial charge in [0.25, 0.3) is 0 Å². The molecule has 0 spiro atoms. The number of nitriles is 1. The molecule has 0 amide bonds. The van der Waals surface area contributed by atoms with Gasteiger partial charge in [-0.1, -0.05) is 30.3 Å². The van der Waals surface area contributed by atoms with Gasteiger partial charge in [0.2, 0.25) is 0 Å². The Morgan fingerprint density at radius 2 is 1.96 bits per heavy atom. The fourth-order valence-electron chi connectivity index (χ4n) is 2.73. The third-order valence-corrected chi connectivity index (χ3v) is 3.87. The molecule has 0 unspecified atom stereocenters. The fourth-order valence-corrected chi connectivity index (χ4v) is 2.73. The predicted octanol–water partition coefficient (Wildman–Crippen LogP) is 3.49. The normalized spacial score (nSPS) is 10.5. The highest BCUT2D eigenvalue weighted by Crippen LogP contribution is 2.27. The lowest BCUT2D eigenvalue weighted by molar-refractivity contribution is 0.687. The largest absolute Gasteiger partial charge is 0.353 e. The van der Waals surface area contributed by atoms with Crippen LogP contribution in [0.4, 0.5) is 11.4 Å². The third-order valence-electron chi connectivity index (χ3n) is 3.87. The predicted molar refractivity (Wildman–Crippen MR) is 95.3 cm³/mol. The van der Waals surface area contributed by atoms with E-state index in [0.717, 1.165) is 22.2 Å². The summed E-state index contributed by atoms with van der Waals surface area (Å²) in [6, 6.07) is 19.7. The van der Waals surface area contributed by atoms with E-state index >= 15 is 0 Å². The molecule has 0 saturated heterocycles. The summed E-state index contributed by atoms with van der Waals surface area (Å²) in [5.41, 5.74) is 3.69. The molecule has 2 heterocycles. The zero-order valence-corrected chi connectivity index (χ0v) is 13.3.